The number of benzene rings is 1. The van der Waals surface area contributed by atoms with E-state index in [4.69, 9.17) is 4.74 Å². The molecule has 26 heavy (non-hydrogen) atoms. The third-order valence-corrected chi connectivity index (χ3v) is 5.91. The van der Waals surface area contributed by atoms with Crippen LogP contribution in [0.25, 0.3) is 0 Å². The molecule has 1 aliphatic carbocycles. The lowest BCUT2D eigenvalue weighted by molar-refractivity contribution is -0.174. The molecule has 3 rings (SSSR count). The van der Waals surface area contributed by atoms with Crippen LogP contribution in [-0.2, 0) is 14.3 Å². The van der Waals surface area contributed by atoms with Crippen LogP contribution in [0.5, 0.6) is 0 Å². The Labute approximate surface area is 153 Å². The minimum absolute atomic E-state index is 0.0214. The number of hydrogen-bond acceptors (Lipinski definition) is 4. The molecule has 2 atom stereocenters. The second-order valence-corrected chi connectivity index (χ2v) is 8.26. The molecule has 2 aliphatic rings. The molecule has 2 amide bonds. The lowest BCUT2D eigenvalue weighted by atomic mass is 9.48. The van der Waals surface area contributed by atoms with Crippen molar-refractivity contribution in [2.75, 3.05) is 25.5 Å². The average Bonchev–Trinajstić information content (AvgIpc) is 2.89. The molecule has 0 bridgehead atoms. The number of carbonyl (C=O) groups is 3. The van der Waals surface area contributed by atoms with E-state index in [0.717, 1.165) is 12.0 Å². The van der Waals surface area contributed by atoms with Gasteiger partial charge in [0.1, 0.15) is 0 Å². The zero-order valence-corrected chi connectivity index (χ0v) is 16.0. The maximum atomic E-state index is 13.1. The minimum Gasteiger partial charge on any atom is -0.469 e. The summed E-state index contributed by atoms with van der Waals surface area (Å²) in [7, 11) is 1.41. The van der Waals surface area contributed by atoms with E-state index in [1.807, 2.05) is 6.92 Å². The van der Waals surface area contributed by atoms with Gasteiger partial charge in [-0.2, -0.15) is 0 Å². The number of likely N-dealkylation sites (tertiary alicyclic amines) is 1. The molecular formula is C20H26N2O4. The number of anilines is 1. The van der Waals surface area contributed by atoms with Crippen LogP contribution in [0, 0.1) is 23.7 Å². The van der Waals surface area contributed by atoms with Crippen molar-refractivity contribution in [2.45, 2.75) is 34.1 Å². The van der Waals surface area contributed by atoms with Crippen molar-refractivity contribution in [1.29, 1.82) is 0 Å². The van der Waals surface area contributed by atoms with Crippen molar-refractivity contribution in [3.8, 4) is 0 Å². The van der Waals surface area contributed by atoms with Crippen LogP contribution in [0.4, 0.5) is 5.69 Å². The summed E-state index contributed by atoms with van der Waals surface area (Å²) in [4.78, 5) is 38.4. The fraction of sp³-hybridized carbons (Fsp3) is 0.550. The summed E-state index contributed by atoms with van der Waals surface area (Å²) in [6.45, 7) is 8.54. The van der Waals surface area contributed by atoms with Crippen LogP contribution in [0.1, 0.15) is 43.1 Å². The third-order valence-electron chi connectivity index (χ3n) is 5.91. The van der Waals surface area contributed by atoms with Gasteiger partial charge in [0.2, 0.25) is 5.91 Å². The van der Waals surface area contributed by atoms with Gasteiger partial charge < -0.3 is 15.0 Å². The quantitative estimate of drug-likeness (QED) is 0.843. The van der Waals surface area contributed by atoms with E-state index in [1.54, 1.807) is 23.1 Å². The molecule has 1 saturated carbocycles. The van der Waals surface area contributed by atoms with E-state index in [-0.39, 0.29) is 29.1 Å². The highest BCUT2D eigenvalue weighted by atomic mass is 16.5. The fourth-order valence-electron chi connectivity index (χ4n) is 4.88. The Morgan fingerprint density at radius 3 is 2.50 bits per heavy atom. The molecule has 140 valence electrons. The molecule has 1 N–H and O–H groups in total. The van der Waals surface area contributed by atoms with E-state index < -0.39 is 5.41 Å². The van der Waals surface area contributed by atoms with Gasteiger partial charge in [0.25, 0.3) is 5.91 Å². The zero-order chi connectivity index (χ0) is 19.3. The SMILES string of the molecule is COC(=O)[C@@]12CN(C(=O)c3ccc(NC(C)=O)cc3C)C[C@@H]1C(C)(C)C2. The number of fused-ring (bicyclic) bond motifs is 1. The van der Waals surface area contributed by atoms with Gasteiger partial charge in [-0.1, -0.05) is 13.8 Å². The van der Waals surface area contributed by atoms with Crippen molar-refractivity contribution in [3.05, 3.63) is 29.3 Å². The minimum atomic E-state index is -0.571. The van der Waals surface area contributed by atoms with Crippen molar-refractivity contribution < 1.29 is 19.1 Å². The Morgan fingerprint density at radius 2 is 1.96 bits per heavy atom. The van der Waals surface area contributed by atoms with E-state index in [0.29, 0.717) is 24.3 Å². The highest BCUT2D eigenvalue weighted by Crippen LogP contribution is 2.63. The Kier molecular flexibility index (Phi) is 4.33. The number of aryl methyl sites for hydroxylation is 1. The number of nitrogens with zero attached hydrogens (tertiary/aromatic N) is 1. The summed E-state index contributed by atoms with van der Waals surface area (Å²) in [6.07, 6.45) is 0.738. The molecule has 0 unspecified atom stereocenters. The summed E-state index contributed by atoms with van der Waals surface area (Å²) in [5, 5.41) is 2.72. The molecule has 0 radical (unpaired) electrons. The molecule has 2 fully saturated rings. The smallest absolute Gasteiger partial charge is 0.314 e. The van der Waals surface area contributed by atoms with Crippen LogP contribution in [0.15, 0.2) is 18.2 Å². The Balaban J connectivity index is 1.83. The first-order valence-electron chi connectivity index (χ1n) is 8.87. The third kappa shape index (κ3) is 2.77. The van der Waals surface area contributed by atoms with E-state index in [1.165, 1.54) is 14.0 Å². The Morgan fingerprint density at radius 1 is 1.27 bits per heavy atom. The van der Waals surface area contributed by atoms with Crippen LogP contribution in [-0.4, -0.2) is 42.9 Å². The fourth-order valence-corrected chi connectivity index (χ4v) is 4.88. The van der Waals surface area contributed by atoms with Crippen LogP contribution in [0.3, 0.4) is 0 Å². The second kappa shape index (κ2) is 6.11. The Hall–Kier alpha value is -2.37. The van der Waals surface area contributed by atoms with Crippen LogP contribution in [0.2, 0.25) is 0 Å². The van der Waals surface area contributed by atoms with Crippen molar-refractivity contribution in [2.24, 2.45) is 16.7 Å². The molecule has 0 aromatic heterocycles. The molecule has 6 heteroatoms. The monoisotopic (exact) mass is 358 g/mol. The molecule has 0 spiro atoms. The predicted molar refractivity (Wildman–Crippen MR) is 97.7 cm³/mol. The number of esters is 1. The first kappa shape index (κ1) is 18.4. The number of methoxy groups -OCH3 is 1. The summed E-state index contributed by atoms with van der Waals surface area (Å²) >= 11 is 0. The van der Waals surface area contributed by atoms with Gasteiger partial charge in [0.15, 0.2) is 0 Å². The number of amides is 2. The first-order chi connectivity index (χ1) is 12.1. The number of carbonyl (C=O) groups excluding carboxylic acids is 3. The van der Waals surface area contributed by atoms with Gasteiger partial charge in [-0.15, -0.1) is 0 Å². The van der Waals surface area contributed by atoms with Crippen molar-refractivity contribution >= 4 is 23.5 Å². The van der Waals surface area contributed by atoms with Gasteiger partial charge >= 0.3 is 5.97 Å². The number of hydrogen-bond donors (Lipinski definition) is 1. The zero-order valence-electron chi connectivity index (χ0n) is 16.0. The summed E-state index contributed by atoms with van der Waals surface area (Å²) in [6, 6.07) is 5.25. The molecule has 1 saturated heterocycles. The van der Waals surface area contributed by atoms with E-state index >= 15 is 0 Å². The van der Waals surface area contributed by atoms with Crippen molar-refractivity contribution in [1.82, 2.24) is 4.90 Å². The van der Waals surface area contributed by atoms with E-state index in [2.05, 4.69) is 19.2 Å². The molecular weight excluding hydrogens is 332 g/mol. The number of nitrogens with one attached hydrogen (secondary N) is 1. The average molecular weight is 358 g/mol. The van der Waals surface area contributed by atoms with Gasteiger partial charge in [0.05, 0.1) is 12.5 Å². The summed E-state index contributed by atoms with van der Waals surface area (Å²) < 4.78 is 5.05. The maximum absolute atomic E-state index is 13.1. The van der Waals surface area contributed by atoms with Gasteiger partial charge in [0, 0.05) is 31.3 Å². The summed E-state index contributed by atoms with van der Waals surface area (Å²) in [5.74, 6) is -0.326. The molecule has 1 aromatic carbocycles. The van der Waals surface area contributed by atoms with Gasteiger partial charge in [-0.25, -0.2) is 0 Å². The lowest BCUT2D eigenvalue weighted by Gasteiger charge is -2.54. The number of rotatable bonds is 3. The molecule has 1 aromatic rings. The predicted octanol–water partition coefficient (Wildman–Crippen LogP) is 2.61. The standard InChI is InChI=1S/C20H26N2O4/c1-12-8-14(21-13(2)23)6-7-15(12)17(24)22-9-16-19(3,4)10-20(16,11-22)18(25)26-5/h6-8,16H,9-11H2,1-5H3,(H,21,23)/t16-,20+/m1/s1. The van der Waals surface area contributed by atoms with Gasteiger partial charge in [-0.3, -0.25) is 14.4 Å². The maximum Gasteiger partial charge on any atom is 0.314 e. The molecule has 1 aliphatic heterocycles. The van der Waals surface area contributed by atoms with Crippen LogP contribution >= 0.6 is 0 Å². The molecule has 6 nitrogen and oxygen atoms in total. The first-order valence-corrected chi connectivity index (χ1v) is 8.87. The Bertz CT molecular complexity index is 786. The van der Waals surface area contributed by atoms with E-state index in [9.17, 15) is 14.4 Å². The van der Waals surface area contributed by atoms with Gasteiger partial charge in [-0.05, 0) is 48.4 Å². The van der Waals surface area contributed by atoms with Crippen LogP contribution < -0.4 is 5.32 Å². The summed E-state index contributed by atoms with van der Waals surface area (Å²) in [5.41, 5.74) is 1.51. The number of ether oxygens (including phenoxy) is 1. The van der Waals surface area contributed by atoms with Crippen molar-refractivity contribution in [3.63, 3.8) is 0 Å². The topological polar surface area (TPSA) is 75.7 Å². The highest BCUT2D eigenvalue weighted by molar-refractivity contribution is 5.98. The molecule has 1 heterocycles. The largest absolute Gasteiger partial charge is 0.469 e. The second-order valence-electron chi connectivity index (χ2n) is 8.26. The lowest BCUT2D eigenvalue weighted by Crippen LogP contribution is -2.57. The normalized spacial score (nSPS) is 25.9. The highest BCUT2D eigenvalue weighted by Gasteiger charge is 2.68.